The number of aliphatic hydroxyl groups excluding tert-OH is 4. The van der Waals surface area contributed by atoms with E-state index in [9.17, 15) is 20.4 Å². The van der Waals surface area contributed by atoms with Crippen LogP contribution in [0, 0.1) is 0 Å². The third-order valence-electron chi connectivity index (χ3n) is 2.59. The molecule has 1 rings (SSSR count). The van der Waals surface area contributed by atoms with E-state index in [1.165, 1.54) is 14.2 Å². The maximum absolute atomic E-state index is 9.61. The number of rotatable bonds is 2. The van der Waals surface area contributed by atoms with Crippen LogP contribution in [0.1, 0.15) is 0 Å². The molecule has 2 unspecified atom stereocenters. The molecule has 0 saturated heterocycles. The number of hydrogen-bond acceptors (Lipinski definition) is 6. The Kier molecular flexibility index (Phi) is 3.82. The van der Waals surface area contributed by atoms with Gasteiger partial charge in [0.1, 0.15) is 36.6 Å². The maximum atomic E-state index is 9.61. The van der Waals surface area contributed by atoms with Crippen LogP contribution in [0.3, 0.4) is 0 Å². The molecule has 0 amide bonds. The molecule has 14 heavy (non-hydrogen) atoms. The summed E-state index contributed by atoms with van der Waals surface area (Å²) in [5.74, 6) is 0. The summed E-state index contributed by atoms with van der Waals surface area (Å²) in [7, 11) is 2.60. The second kappa shape index (κ2) is 4.52. The predicted octanol–water partition coefficient (Wildman–Crippen LogP) is -2.53. The molecule has 0 spiro atoms. The molecule has 0 aliphatic heterocycles. The van der Waals surface area contributed by atoms with E-state index in [0.717, 1.165) is 0 Å². The number of aliphatic hydroxyl groups is 4. The van der Waals surface area contributed by atoms with Crippen molar-refractivity contribution in [3.63, 3.8) is 0 Å². The van der Waals surface area contributed by atoms with Crippen LogP contribution in [-0.4, -0.2) is 71.3 Å². The van der Waals surface area contributed by atoms with Crippen LogP contribution in [0.5, 0.6) is 0 Å². The fraction of sp³-hybridized carbons (Fsp3) is 1.00. The maximum Gasteiger partial charge on any atom is 0.114 e. The molecule has 6 nitrogen and oxygen atoms in total. The summed E-state index contributed by atoms with van der Waals surface area (Å²) in [5, 5.41) is 37.9. The van der Waals surface area contributed by atoms with Gasteiger partial charge in [0.2, 0.25) is 0 Å². The van der Waals surface area contributed by atoms with Crippen LogP contribution in [0.25, 0.3) is 0 Å². The minimum absolute atomic E-state index is 0.960. The van der Waals surface area contributed by atoms with Crippen LogP contribution in [0.2, 0.25) is 0 Å². The van der Waals surface area contributed by atoms with Crippen molar-refractivity contribution in [2.75, 3.05) is 14.2 Å². The third-order valence-corrected chi connectivity index (χ3v) is 2.59. The van der Waals surface area contributed by atoms with Gasteiger partial charge in [-0.05, 0) is 0 Å². The number of ether oxygens (including phenoxy) is 2. The highest BCUT2D eigenvalue weighted by Gasteiger charge is 2.49. The van der Waals surface area contributed by atoms with Gasteiger partial charge in [0.25, 0.3) is 0 Å². The first-order valence-corrected chi connectivity index (χ1v) is 4.32. The van der Waals surface area contributed by atoms with Crippen molar-refractivity contribution in [1.29, 1.82) is 0 Å². The summed E-state index contributed by atoms with van der Waals surface area (Å²) >= 11 is 0. The monoisotopic (exact) mass is 208 g/mol. The lowest BCUT2D eigenvalue weighted by molar-refractivity contribution is -0.235. The van der Waals surface area contributed by atoms with Crippen LogP contribution in [0.15, 0.2) is 0 Å². The molecule has 0 radical (unpaired) electrons. The van der Waals surface area contributed by atoms with Gasteiger partial charge < -0.3 is 29.9 Å². The first-order chi connectivity index (χ1) is 6.54. The Morgan fingerprint density at radius 3 is 1.29 bits per heavy atom. The van der Waals surface area contributed by atoms with E-state index in [2.05, 4.69) is 0 Å². The van der Waals surface area contributed by atoms with E-state index in [1.807, 2.05) is 0 Å². The van der Waals surface area contributed by atoms with Gasteiger partial charge in [-0.15, -0.1) is 0 Å². The zero-order valence-corrected chi connectivity index (χ0v) is 8.07. The minimum atomic E-state index is -1.38. The lowest BCUT2D eigenvalue weighted by Crippen LogP contribution is -2.64. The Balaban J connectivity index is 2.82. The van der Waals surface area contributed by atoms with Crippen molar-refractivity contribution in [3.8, 4) is 0 Å². The van der Waals surface area contributed by atoms with Gasteiger partial charge in [-0.3, -0.25) is 0 Å². The molecule has 0 aromatic rings. The van der Waals surface area contributed by atoms with Crippen molar-refractivity contribution in [2.45, 2.75) is 36.6 Å². The van der Waals surface area contributed by atoms with Crippen LogP contribution in [-0.2, 0) is 9.47 Å². The van der Waals surface area contributed by atoms with Crippen molar-refractivity contribution in [1.82, 2.24) is 0 Å². The van der Waals surface area contributed by atoms with E-state index in [-0.39, 0.29) is 0 Å². The van der Waals surface area contributed by atoms with E-state index in [0.29, 0.717) is 0 Å². The number of methoxy groups -OCH3 is 2. The fourth-order valence-electron chi connectivity index (χ4n) is 1.74. The standard InChI is InChI=1S/C8H16O6/c1-13-7-4(10)3(9)5(11)8(14-2)6(7)12/h3-12H,1-2H3/t3?,4-,5-,6?,7-,8+/m1/s1. The molecule has 0 heterocycles. The van der Waals surface area contributed by atoms with Crippen LogP contribution in [0.4, 0.5) is 0 Å². The Morgan fingerprint density at radius 2 is 1.00 bits per heavy atom. The average molecular weight is 208 g/mol. The largest absolute Gasteiger partial charge is 0.387 e. The topological polar surface area (TPSA) is 99.4 Å². The van der Waals surface area contributed by atoms with Crippen LogP contribution < -0.4 is 0 Å². The summed E-state index contributed by atoms with van der Waals surface area (Å²) in [4.78, 5) is 0. The lowest BCUT2D eigenvalue weighted by atomic mass is 9.85. The Morgan fingerprint density at radius 1 is 0.643 bits per heavy atom. The quantitative estimate of drug-likeness (QED) is 0.399. The summed E-state index contributed by atoms with van der Waals surface area (Å²) < 4.78 is 9.63. The average Bonchev–Trinajstić information content (AvgIpc) is 2.16. The molecule has 1 fully saturated rings. The van der Waals surface area contributed by atoms with Gasteiger partial charge in [-0.1, -0.05) is 0 Å². The first-order valence-electron chi connectivity index (χ1n) is 4.32. The van der Waals surface area contributed by atoms with Gasteiger partial charge >= 0.3 is 0 Å². The summed E-state index contributed by atoms with van der Waals surface area (Å²) in [6, 6.07) is 0. The fourth-order valence-corrected chi connectivity index (χ4v) is 1.74. The molecule has 1 aliphatic carbocycles. The van der Waals surface area contributed by atoms with E-state index in [4.69, 9.17) is 9.47 Å². The molecular formula is C8H16O6. The Hall–Kier alpha value is -0.240. The van der Waals surface area contributed by atoms with Crippen molar-refractivity contribution in [3.05, 3.63) is 0 Å². The molecule has 4 N–H and O–H groups in total. The van der Waals surface area contributed by atoms with Gasteiger partial charge in [0, 0.05) is 14.2 Å². The lowest BCUT2D eigenvalue weighted by Gasteiger charge is -2.42. The summed E-state index contributed by atoms with van der Waals surface area (Å²) in [6.07, 6.45) is -7.11. The highest BCUT2D eigenvalue weighted by atomic mass is 16.5. The predicted molar refractivity (Wildman–Crippen MR) is 45.6 cm³/mol. The molecule has 0 bridgehead atoms. The van der Waals surface area contributed by atoms with Crippen LogP contribution >= 0.6 is 0 Å². The molecule has 84 valence electrons. The van der Waals surface area contributed by atoms with Gasteiger partial charge in [-0.2, -0.15) is 0 Å². The second-order valence-corrected chi connectivity index (χ2v) is 3.36. The zero-order valence-electron chi connectivity index (χ0n) is 8.07. The molecule has 6 atom stereocenters. The van der Waals surface area contributed by atoms with E-state index < -0.39 is 36.6 Å². The molecular weight excluding hydrogens is 192 g/mol. The highest BCUT2D eigenvalue weighted by Crippen LogP contribution is 2.24. The van der Waals surface area contributed by atoms with Gasteiger partial charge in [0.15, 0.2) is 0 Å². The Labute approximate surface area is 81.7 Å². The molecule has 6 heteroatoms. The first kappa shape index (κ1) is 11.8. The molecule has 0 aromatic carbocycles. The zero-order chi connectivity index (χ0) is 10.9. The summed E-state index contributed by atoms with van der Waals surface area (Å²) in [5.41, 5.74) is 0. The second-order valence-electron chi connectivity index (χ2n) is 3.36. The van der Waals surface area contributed by atoms with Crippen molar-refractivity contribution in [2.24, 2.45) is 0 Å². The van der Waals surface area contributed by atoms with E-state index >= 15 is 0 Å². The normalized spacial score (nSPS) is 49.3. The molecule has 1 aliphatic rings. The molecule has 1 saturated carbocycles. The van der Waals surface area contributed by atoms with Crippen molar-refractivity contribution >= 4 is 0 Å². The smallest absolute Gasteiger partial charge is 0.114 e. The van der Waals surface area contributed by atoms with Gasteiger partial charge in [0.05, 0.1) is 0 Å². The highest BCUT2D eigenvalue weighted by molar-refractivity contribution is 4.99. The molecule has 0 aromatic heterocycles. The van der Waals surface area contributed by atoms with Gasteiger partial charge in [-0.25, -0.2) is 0 Å². The van der Waals surface area contributed by atoms with Crippen molar-refractivity contribution < 1.29 is 29.9 Å². The SMILES string of the molecule is CO[C@@H]1C(O)[C@H](OC)[C@H](O)C(O)[C@H]1O. The summed E-state index contributed by atoms with van der Waals surface area (Å²) in [6.45, 7) is 0. The third kappa shape index (κ3) is 1.77. The minimum Gasteiger partial charge on any atom is -0.387 e. The van der Waals surface area contributed by atoms with E-state index in [1.54, 1.807) is 0 Å². The number of hydrogen-bond donors (Lipinski definition) is 4. The Bertz CT molecular complexity index is 169.